The molecule has 1 aromatic carbocycles. The zero-order valence-electron chi connectivity index (χ0n) is 11.1. The Balaban J connectivity index is 1.67. The Hall–Kier alpha value is -2.07. The summed E-state index contributed by atoms with van der Waals surface area (Å²) in [5, 5.41) is 8.26. The minimum absolute atomic E-state index is 0.0953. The molecule has 20 heavy (non-hydrogen) atoms. The summed E-state index contributed by atoms with van der Waals surface area (Å²) in [5.74, 6) is -0.0953. The fourth-order valence-corrected chi connectivity index (χ4v) is 2.90. The summed E-state index contributed by atoms with van der Waals surface area (Å²) >= 11 is 1.61. The van der Waals surface area contributed by atoms with E-state index in [-0.39, 0.29) is 5.91 Å². The number of hydrogen-bond acceptors (Lipinski definition) is 3. The van der Waals surface area contributed by atoms with E-state index in [9.17, 15) is 4.79 Å². The highest BCUT2D eigenvalue weighted by Crippen LogP contribution is 2.25. The van der Waals surface area contributed by atoms with Gasteiger partial charge in [-0.2, -0.15) is 0 Å². The second-order valence-corrected chi connectivity index (χ2v) is 5.72. The Labute approximate surface area is 122 Å². The molecule has 0 fully saturated rings. The van der Waals surface area contributed by atoms with Gasteiger partial charge in [-0.15, -0.1) is 11.3 Å². The number of rotatable bonds is 3. The van der Waals surface area contributed by atoms with Crippen molar-refractivity contribution < 1.29 is 4.79 Å². The van der Waals surface area contributed by atoms with Crippen molar-refractivity contribution in [1.29, 1.82) is 0 Å². The molecule has 3 nitrogen and oxygen atoms in total. The molecule has 0 bridgehead atoms. The highest BCUT2D eigenvalue weighted by Gasteiger charge is 2.09. The first-order valence-electron chi connectivity index (χ1n) is 6.71. The SMILES string of the molecule is O=C(C=Cc1cccs1)Nc1ccc2c(c1)CCCN2. The lowest BCUT2D eigenvalue weighted by atomic mass is 10.0. The highest BCUT2D eigenvalue weighted by molar-refractivity contribution is 7.10. The monoisotopic (exact) mass is 284 g/mol. The lowest BCUT2D eigenvalue weighted by Crippen LogP contribution is -2.13. The van der Waals surface area contributed by atoms with Gasteiger partial charge in [-0.1, -0.05) is 6.07 Å². The van der Waals surface area contributed by atoms with Crippen LogP contribution in [0.15, 0.2) is 41.8 Å². The highest BCUT2D eigenvalue weighted by atomic mass is 32.1. The number of carbonyl (C=O) groups excluding carboxylic acids is 1. The molecule has 0 unspecified atom stereocenters. The van der Waals surface area contributed by atoms with Gasteiger partial charge in [0.15, 0.2) is 0 Å². The molecule has 0 aliphatic carbocycles. The van der Waals surface area contributed by atoms with Gasteiger partial charge < -0.3 is 10.6 Å². The van der Waals surface area contributed by atoms with E-state index in [4.69, 9.17) is 0 Å². The van der Waals surface area contributed by atoms with Gasteiger partial charge in [-0.25, -0.2) is 0 Å². The number of aryl methyl sites for hydroxylation is 1. The van der Waals surface area contributed by atoms with Crippen LogP contribution in [0.25, 0.3) is 6.08 Å². The third-order valence-corrected chi connectivity index (χ3v) is 4.09. The van der Waals surface area contributed by atoms with Crippen LogP contribution in [0.1, 0.15) is 16.9 Å². The average Bonchev–Trinajstić information content (AvgIpc) is 2.98. The van der Waals surface area contributed by atoms with E-state index in [0.29, 0.717) is 0 Å². The summed E-state index contributed by atoms with van der Waals surface area (Å²) in [6, 6.07) is 9.98. The Morgan fingerprint density at radius 3 is 3.15 bits per heavy atom. The predicted molar refractivity (Wildman–Crippen MR) is 85.2 cm³/mol. The molecule has 1 aliphatic heterocycles. The molecule has 0 radical (unpaired) electrons. The average molecular weight is 284 g/mol. The number of anilines is 2. The summed E-state index contributed by atoms with van der Waals surface area (Å²) in [7, 11) is 0. The van der Waals surface area contributed by atoms with Gasteiger partial charge in [0.25, 0.3) is 0 Å². The molecular weight excluding hydrogens is 268 g/mol. The number of amides is 1. The van der Waals surface area contributed by atoms with E-state index in [0.717, 1.165) is 30.0 Å². The first kappa shape index (κ1) is 12.9. The lowest BCUT2D eigenvalue weighted by Gasteiger charge is -2.18. The van der Waals surface area contributed by atoms with Crippen LogP contribution in [-0.4, -0.2) is 12.5 Å². The van der Waals surface area contributed by atoms with E-state index in [1.807, 2.05) is 35.7 Å². The van der Waals surface area contributed by atoms with Crippen molar-refractivity contribution in [2.24, 2.45) is 0 Å². The van der Waals surface area contributed by atoms with Crippen molar-refractivity contribution in [3.63, 3.8) is 0 Å². The topological polar surface area (TPSA) is 41.1 Å². The second-order valence-electron chi connectivity index (χ2n) is 4.74. The first-order chi connectivity index (χ1) is 9.81. The number of thiophene rings is 1. The summed E-state index contributed by atoms with van der Waals surface area (Å²) in [5.41, 5.74) is 3.31. The Bertz CT molecular complexity index is 632. The molecule has 1 amide bonds. The van der Waals surface area contributed by atoms with E-state index in [2.05, 4.69) is 16.7 Å². The van der Waals surface area contributed by atoms with Crippen LogP contribution in [-0.2, 0) is 11.2 Å². The molecule has 2 N–H and O–H groups in total. The number of benzene rings is 1. The summed E-state index contributed by atoms with van der Waals surface area (Å²) in [6.07, 6.45) is 5.61. The molecule has 2 heterocycles. The Morgan fingerprint density at radius 2 is 2.30 bits per heavy atom. The van der Waals surface area contributed by atoms with Gasteiger partial charge >= 0.3 is 0 Å². The van der Waals surface area contributed by atoms with Crippen LogP contribution in [0.5, 0.6) is 0 Å². The first-order valence-corrected chi connectivity index (χ1v) is 7.58. The van der Waals surface area contributed by atoms with Gasteiger partial charge in [-0.05, 0) is 54.1 Å². The van der Waals surface area contributed by atoms with Gasteiger partial charge in [0.2, 0.25) is 5.91 Å². The zero-order valence-corrected chi connectivity index (χ0v) is 11.9. The number of carbonyl (C=O) groups is 1. The van der Waals surface area contributed by atoms with Crippen molar-refractivity contribution in [2.45, 2.75) is 12.8 Å². The smallest absolute Gasteiger partial charge is 0.248 e. The van der Waals surface area contributed by atoms with Crippen LogP contribution in [0.4, 0.5) is 11.4 Å². The second kappa shape index (κ2) is 5.92. The van der Waals surface area contributed by atoms with Gasteiger partial charge in [0.05, 0.1) is 0 Å². The summed E-state index contributed by atoms with van der Waals surface area (Å²) in [4.78, 5) is 12.9. The van der Waals surface area contributed by atoms with Crippen LogP contribution < -0.4 is 10.6 Å². The summed E-state index contributed by atoms with van der Waals surface area (Å²) in [6.45, 7) is 1.03. The van der Waals surface area contributed by atoms with Crippen molar-refractivity contribution in [2.75, 3.05) is 17.2 Å². The molecule has 1 aliphatic rings. The van der Waals surface area contributed by atoms with E-state index >= 15 is 0 Å². The molecule has 3 rings (SSSR count). The molecule has 0 saturated carbocycles. The fraction of sp³-hybridized carbons (Fsp3) is 0.188. The molecule has 1 aromatic heterocycles. The molecule has 102 valence electrons. The number of nitrogens with one attached hydrogen (secondary N) is 2. The van der Waals surface area contributed by atoms with E-state index in [1.165, 1.54) is 11.3 Å². The molecule has 4 heteroatoms. The Kier molecular flexibility index (Phi) is 3.83. The normalized spacial score (nSPS) is 13.8. The van der Waals surface area contributed by atoms with Crippen molar-refractivity contribution in [1.82, 2.24) is 0 Å². The largest absolute Gasteiger partial charge is 0.385 e. The third kappa shape index (κ3) is 3.08. The maximum atomic E-state index is 11.9. The van der Waals surface area contributed by atoms with Crippen LogP contribution in [0.3, 0.4) is 0 Å². The number of hydrogen-bond donors (Lipinski definition) is 2. The van der Waals surface area contributed by atoms with Crippen molar-refractivity contribution >= 4 is 34.7 Å². The fourth-order valence-electron chi connectivity index (χ4n) is 2.28. The van der Waals surface area contributed by atoms with Crippen LogP contribution in [0, 0.1) is 0 Å². The van der Waals surface area contributed by atoms with Gasteiger partial charge in [0, 0.05) is 28.9 Å². The van der Waals surface area contributed by atoms with E-state index < -0.39 is 0 Å². The zero-order chi connectivity index (χ0) is 13.8. The maximum absolute atomic E-state index is 11.9. The molecule has 0 saturated heterocycles. The summed E-state index contributed by atoms with van der Waals surface area (Å²) < 4.78 is 0. The third-order valence-electron chi connectivity index (χ3n) is 3.25. The molecule has 2 aromatic rings. The van der Waals surface area contributed by atoms with Crippen LogP contribution in [0.2, 0.25) is 0 Å². The van der Waals surface area contributed by atoms with E-state index in [1.54, 1.807) is 17.4 Å². The predicted octanol–water partition coefficient (Wildman–Crippen LogP) is 3.76. The van der Waals surface area contributed by atoms with Crippen molar-refractivity contribution in [3.8, 4) is 0 Å². The molecule has 0 spiro atoms. The van der Waals surface area contributed by atoms with Gasteiger partial charge in [0.1, 0.15) is 0 Å². The maximum Gasteiger partial charge on any atom is 0.248 e. The Morgan fingerprint density at radius 1 is 1.35 bits per heavy atom. The minimum atomic E-state index is -0.0953. The molecule has 0 atom stereocenters. The molecular formula is C16H16N2OS. The standard InChI is InChI=1S/C16H16N2OS/c19-16(8-6-14-4-2-10-20-14)18-13-5-7-15-12(11-13)3-1-9-17-15/h2,4-8,10-11,17H,1,3,9H2,(H,18,19). The minimum Gasteiger partial charge on any atom is -0.385 e. The lowest BCUT2D eigenvalue weighted by molar-refractivity contribution is -0.111. The quantitative estimate of drug-likeness (QED) is 0.843. The van der Waals surface area contributed by atoms with Crippen molar-refractivity contribution in [3.05, 3.63) is 52.2 Å². The van der Waals surface area contributed by atoms with Gasteiger partial charge in [-0.3, -0.25) is 4.79 Å². The van der Waals surface area contributed by atoms with Crippen LogP contribution >= 0.6 is 11.3 Å². The number of fused-ring (bicyclic) bond motifs is 1.